The number of halogens is 7. The molecule has 1 atom stereocenters. The molecule has 1 unspecified atom stereocenters. The molecule has 0 saturated heterocycles. The molecule has 0 aromatic carbocycles. The van der Waals surface area contributed by atoms with E-state index in [1.54, 1.807) is 0 Å². The maximum absolute atomic E-state index is 12.1. The minimum Gasteiger partial charge on any atom is -0.769 e. The van der Waals surface area contributed by atoms with Gasteiger partial charge in [-0.1, -0.05) is 0 Å². The molecule has 0 saturated carbocycles. The first-order chi connectivity index (χ1) is 5.44. The Hall–Kier alpha value is 1.26. The molecule has 11 heteroatoms. The largest absolute Gasteiger partial charge is 1.00 e. The summed E-state index contributed by atoms with van der Waals surface area (Å²) in [5, 5.41) is -6.21. The molecule has 0 bridgehead atoms. The molecule has 0 aliphatic rings. The molecule has 0 heterocycles. The molecular formula is C3F7KO2S. The van der Waals surface area contributed by atoms with Gasteiger partial charge in [-0.3, -0.25) is 4.21 Å². The Bertz CT molecular complexity index is 208. The van der Waals surface area contributed by atoms with Crippen LogP contribution in [0, 0.1) is 0 Å². The molecule has 14 heavy (non-hydrogen) atoms. The predicted molar refractivity (Wildman–Crippen MR) is 24.9 cm³/mol. The van der Waals surface area contributed by atoms with Gasteiger partial charge in [0.15, 0.2) is 0 Å². The van der Waals surface area contributed by atoms with Crippen molar-refractivity contribution in [3.63, 3.8) is 0 Å². The van der Waals surface area contributed by atoms with Crippen molar-refractivity contribution in [3.05, 3.63) is 0 Å². The summed E-state index contributed by atoms with van der Waals surface area (Å²) >= 11 is -4.97. The van der Waals surface area contributed by atoms with Gasteiger partial charge in [0.25, 0.3) is 0 Å². The maximum atomic E-state index is 12.1. The Balaban J connectivity index is 0. The Morgan fingerprint density at radius 1 is 0.857 bits per heavy atom. The summed E-state index contributed by atoms with van der Waals surface area (Å²) in [6, 6.07) is 0. The quantitative estimate of drug-likeness (QED) is 0.337. The molecule has 2 nitrogen and oxygen atoms in total. The van der Waals surface area contributed by atoms with Gasteiger partial charge in [-0.15, -0.1) is 0 Å². The van der Waals surface area contributed by atoms with Gasteiger partial charge < -0.3 is 4.55 Å². The van der Waals surface area contributed by atoms with Crippen LogP contribution in [-0.2, 0) is 11.1 Å². The molecule has 0 fully saturated rings. The van der Waals surface area contributed by atoms with Crippen LogP contribution in [0.15, 0.2) is 0 Å². The minimum atomic E-state index is -6.54. The Kier molecular flexibility index (Phi) is 6.37. The van der Waals surface area contributed by atoms with Crippen molar-refractivity contribution in [3.8, 4) is 0 Å². The molecule has 0 spiro atoms. The summed E-state index contributed by atoms with van der Waals surface area (Å²) < 4.78 is 99.2. The van der Waals surface area contributed by atoms with E-state index in [9.17, 15) is 39.5 Å². The molecule has 0 rings (SSSR count). The van der Waals surface area contributed by atoms with E-state index in [1.807, 2.05) is 0 Å². The minimum absolute atomic E-state index is 0. The normalized spacial score (nSPS) is 16.0. The van der Waals surface area contributed by atoms with Gasteiger partial charge in [0.1, 0.15) is 0 Å². The van der Waals surface area contributed by atoms with Crippen LogP contribution in [0.1, 0.15) is 0 Å². The molecule has 0 aliphatic carbocycles. The number of rotatable bonds is 1. The number of hydrogen-bond donors (Lipinski definition) is 0. The summed E-state index contributed by atoms with van der Waals surface area (Å²) in [5.41, 5.74) is 0. The number of alkyl halides is 7. The SMILES string of the molecule is O=S([O-])C(F)(C(F)(F)F)C(F)(F)F.[K+]. The van der Waals surface area contributed by atoms with E-state index in [-0.39, 0.29) is 51.4 Å². The van der Waals surface area contributed by atoms with E-state index in [4.69, 9.17) is 0 Å². The predicted octanol–water partition coefficient (Wildman–Crippen LogP) is -1.34. The molecular weight excluding hydrogens is 272 g/mol. The fourth-order valence-corrected chi connectivity index (χ4v) is 0.728. The Labute approximate surface area is 118 Å². The smallest absolute Gasteiger partial charge is 0.769 e. The third-order valence-electron chi connectivity index (χ3n) is 0.959. The van der Waals surface area contributed by atoms with Crippen LogP contribution in [0.3, 0.4) is 0 Å². The van der Waals surface area contributed by atoms with E-state index in [1.165, 1.54) is 0 Å². The second kappa shape index (κ2) is 5.06. The van der Waals surface area contributed by atoms with Gasteiger partial charge in [0, 0.05) is 11.1 Å². The van der Waals surface area contributed by atoms with Crippen LogP contribution < -0.4 is 51.4 Å². The van der Waals surface area contributed by atoms with E-state index < -0.39 is 28.4 Å². The van der Waals surface area contributed by atoms with Crippen LogP contribution in [0.4, 0.5) is 30.7 Å². The van der Waals surface area contributed by atoms with Gasteiger partial charge in [-0.05, 0) is 0 Å². The van der Waals surface area contributed by atoms with Crippen molar-refractivity contribution in [2.45, 2.75) is 17.4 Å². The number of hydrogen-bond acceptors (Lipinski definition) is 2. The summed E-state index contributed by atoms with van der Waals surface area (Å²) in [6.07, 6.45) is -13.1. The van der Waals surface area contributed by atoms with Crippen molar-refractivity contribution in [1.29, 1.82) is 0 Å². The topological polar surface area (TPSA) is 40.1 Å². The second-order valence-electron chi connectivity index (χ2n) is 1.83. The second-order valence-corrected chi connectivity index (χ2v) is 2.86. The van der Waals surface area contributed by atoms with Crippen molar-refractivity contribution in [2.75, 3.05) is 0 Å². The average Bonchev–Trinajstić information content (AvgIpc) is 1.80. The average molecular weight is 272 g/mol. The van der Waals surface area contributed by atoms with E-state index in [0.29, 0.717) is 0 Å². The van der Waals surface area contributed by atoms with Gasteiger partial charge in [-0.2, -0.15) is 26.3 Å². The fraction of sp³-hybridized carbons (Fsp3) is 1.00. The zero-order chi connectivity index (χ0) is 11.1. The standard InChI is InChI=1S/C3HF7O2S.K/c4-1(13(11)12,2(5,6)7)3(8,9)10;/h(H,11,12);/q;+1/p-1. The van der Waals surface area contributed by atoms with Crippen molar-refractivity contribution in [1.82, 2.24) is 0 Å². The Morgan fingerprint density at radius 3 is 1.07 bits per heavy atom. The molecule has 0 amide bonds. The van der Waals surface area contributed by atoms with Crippen LogP contribution in [0.5, 0.6) is 0 Å². The van der Waals surface area contributed by atoms with Gasteiger partial charge in [0.05, 0.1) is 0 Å². The molecule has 0 N–H and O–H groups in total. The van der Waals surface area contributed by atoms with Gasteiger partial charge >= 0.3 is 68.7 Å². The molecule has 0 aromatic heterocycles. The first kappa shape index (κ1) is 17.6. The van der Waals surface area contributed by atoms with Gasteiger partial charge in [0.2, 0.25) is 0 Å². The van der Waals surface area contributed by atoms with Crippen molar-refractivity contribution >= 4 is 11.1 Å². The van der Waals surface area contributed by atoms with Crippen LogP contribution >= 0.6 is 0 Å². The summed E-state index contributed by atoms with van der Waals surface area (Å²) in [5.74, 6) is 0. The molecule has 80 valence electrons. The first-order valence-corrected chi connectivity index (χ1v) is 3.44. The van der Waals surface area contributed by atoms with E-state index >= 15 is 0 Å². The Morgan fingerprint density at radius 2 is 1.07 bits per heavy atom. The van der Waals surface area contributed by atoms with Crippen molar-refractivity contribution < 1.29 is 90.9 Å². The monoisotopic (exact) mass is 272 g/mol. The first-order valence-electron chi connectivity index (χ1n) is 2.36. The summed E-state index contributed by atoms with van der Waals surface area (Å²) in [6.45, 7) is 0. The van der Waals surface area contributed by atoms with Crippen LogP contribution in [-0.4, -0.2) is 26.1 Å². The van der Waals surface area contributed by atoms with E-state index in [0.717, 1.165) is 0 Å². The van der Waals surface area contributed by atoms with Crippen LogP contribution in [0.25, 0.3) is 0 Å². The molecule has 0 aliphatic heterocycles. The van der Waals surface area contributed by atoms with E-state index in [2.05, 4.69) is 0 Å². The molecule has 0 aromatic rings. The van der Waals surface area contributed by atoms with Crippen LogP contribution in [0.2, 0.25) is 0 Å². The summed E-state index contributed by atoms with van der Waals surface area (Å²) in [4.78, 5) is 0. The third-order valence-corrected chi connectivity index (χ3v) is 1.88. The zero-order valence-electron chi connectivity index (χ0n) is 6.37. The zero-order valence-corrected chi connectivity index (χ0v) is 10.3. The maximum Gasteiger partial charge on any atom is 1.00 e. The van der Waals surface area contributed by atoms with Crippen molar-refractivity contribution in [2.24, 2.45) is 0 Å². The van der Waals surface area contributed by atoms with Gasteiger partial charge in [-0.25, -0.2) is 4.39 Å². The third kappa shape index (κ3) is 3.12. The summed E-state index contributed by atoms with van der Waals surface area (Å²) in [7, 11) is 0. The fourth-order valence-electron chi connectivity index (χ4n) is 0.350. The molecule has 0 radical (unpaired) electrons.